The van der Waals surface area contributed by atoms with E-state index in [-0.39, 0.29) is 29.9 Å². The summed E-state index contributed by atoms with van der Waals surface area (Å²) >= 11 is 0. The molecule has 320 valence electrons. The Bertz CT molecular complexity index is 2570. The van der Waals surface area contributed by atoms with Crippen molar-refractivity contribution in [2.75, 3.05) is 32.3 Å². The summed E-state index contributed by atoms with van der Waals surface area (Å²) < 4.78 is 15.0. The molecular weight excluding hydrogens is 797 g/mol. The Morgan fingerprint density at radius 2 is 1.65 bits per heavy atom. The highest BCUT2D eigenvalue weighted by Crippen LogP contribution is 2.39. The number of para-hydroxylation sites is 1. The van der Waals surface area contributed by atoms with Crippen LogP contribution in [0.1, 0.15) is 66.5 Å². The van der Waals surface area contributed by atoms with Gasteiger partial charge in [0.25, 0.3) is 5.91 Å². The molecule has 8 rings (SSSR count). The Kier molecular flexibility index (Phi) is 11.7. The Morgan fingerprint density at radius 3 is 2.40 bits per heavy atom. The number of Topliss-reactive ketones (excluding diaryl/α,β-unsaturated/α-hetero) is 1. The molecule has 5 heterocycles. The fourth-order valence-electron chi connectivity index (χ4n) is 8.46. The maximum atomic E-state index is 13.7. The lowest BCUT2D eigenvalue weighted by molar-refractivity contribution is -0.145. The zero-order valence-corrected chi connectivity index (χ0v) is 34.7. The Hall–Kier alpha value is -7.17. The lowest BCUT2D eigenvalue weighted by Crippen LogP contribution is -2.52. The van der Waals surface area contributed by atoms with E-state index in [0.29, 0.717) is 47.6 Å². The van der Waals surface area contributed by atoms with Crippen molar-refractivity contribution in [1.82, 2.24) is 35.5 Å². The van der Waals surface area contributed by atoms with Crippen molar-refractivity contribution < 1.29 is 43.0 Å². The molecule has 3 N–H and O–H groups in total. The molecule has 4 atom stereocenters. The minimum atomic E-state index is -1.000. The number of esters is 1. The van der Waals surface area contributed by atoms with Gasteiger partial charge in [0.05, 0.1) is 60.8 Å². The second kappa shape index (κ2) is 17.4. The third-order valence-electron chi connectivity index (χ3n) is 11.7. The number of nitrogens with zero attached hydrogens (tertiary/aromatic N) is 5. The van der Waals surface area contributed by atoms with Crippen LogP contribution in [0.2, 0.25) is 0 Å². The van der Waals surface area contributed by atoms with Gasteiger partial charge in [0.15, 0.2) is 12.4 Å². The van der Waals surface area contributed by atoms with E-state index >= 15 is 0 Å². The maximum Gasteiger partial charge on any atom is 0.407 e. The summed E-state index contributed by atoms with van der Waals surface area (Å²) in [6, 6.07) is 15.4. The van der Waals surface area contributed by atoms with Gasteiger partial charge in [-0.15, -0.1) is 0 Å². The molecule has 2 aromatic heterocycles. The van der Waals surface area contributed by atoms with Crippen molar-refractivity contribution in [3.63, 3.8) is 0 Å². The Balaban J connectivity index is 0.905. The molecule has 1 unspecified atom stereocenters. The molecule has 17 heteroatoms. The van der Waals surface area contributed by atoms with Crippen LogP contribution in [0, 0.1) is 5.92 Å². The fraction of sp³-hybridized carbons (Fsp3) is 0.356. The van der Waals surface area contributed by atoms with E-state index < -0.39 is 54.6 Å². The van der Waals surface area contributed by atoms with E-state index in [9.17, 15) is 28.8 Å². The Morgan fingerprint density at radius 1 is 0.887 bits per heavy atom. The molecule has 3 aromatic carbocycles. The molecule has 5 aromatic rings. The van der Waals surface area contributed by atoms with Crippen molar-refractivity contribution in [2.24, 2.45) is 5.92 Å². The third kappa shape index (κ3) is 8.17. The second-order valence-corrected chi connectivity index (χ2v) is 15.9. The number of aromatic amines is 1. The highest BCUT2D eigenvalue weighted by atomic mass is 16.5. The number of fused-ring (bicyclic) bond motifs is 1. The van der Waals surface area contributed by atoms with Gasteiger partial charge >= 0.3 is 18.2 Å². The number of alkyl carbamates (subject to hydrolysis) is 2. The summed E-state index contributed by atoms with van der Waals surface area (Å²) in [5.41, 5.74) is 6.76. The number of benzene rings is 3. The highest BCUT2D eigenvalue weighted by molar-refractivity contribution is 6.07. The number of rotatable bonds is 11. The normalized spacial score (nSPS) is 18.5. The molecule has 0 radical (unpaired) electrons. The number of methoxy groups -OCH3 is 2. The van der Waals surface area contributed by atoms with Crippen molar-refractivity contribution >= 4 is 52.5 Å². The van der Waals surface area contributed by atoms with E-state index in [1.165, 1.54) is 19.1 Å². The quantitative estimate of drug-likeness (QED) is 0.0902. The first kappa shape index (κ1) is 41.6. The monoisotopic (exact) mass is 842 g/mol. The minimum absolute atomic E-state index is 0.136. The van der Waals surface area contributed by atoms with Gasteiger partial charge in [-0.25, -0.2) is 24.4 Å². The van der Waals surface area contributed by atoms with Gasteiger partial charge < -0.3 is 34.7 Å². The molecule has 0 aliphatic carbocycles. The summed E-state index contributed by atoms with van der Waals surface area (Å²) in [5.74, 6) is -1.26. The summed E-state index contributed by atoms with van der Waals surface area (Å²) in [6.45, 7) is 3.76. The summed E-state index contributed by atoms with van der Waals surface area (Å²) in [5, 5.41) is 5.25. The molecular formula is C45H46N8O9. The number of aromatic nitrogens is 4. The number of H-pyrrole nitrogens is 1. The van der Waals surface area contributed by atoms with E-state index in [1.807, 2.05) is 56.3 Å². The number of imidazole rings is 1. The number of ketones is 1. The van der Waals surface area contributed by atoms with Crippen LogP contribution in [-0.4, -0.2) is 106 Å². The van der Waals surface area contributed by atoms with Crippen molar-refractivity contribution in [1.29, 1.82) is 0 Å². The summed E-state index contributed by atoms with van der Waals surface area (Å²) in [4.78, 5) is 98.6. The van der Waals surface area contributed by atoms with Gasteiger partial charge in [-0.3, -0.25) is 24.3 Å². The van der Waals surface area contributed by atoms with Crippen LogP contribution in [0.25, 0.3) is 33.5 Å². The van der Waals surface area contributed by atoms with Gasteiger partial charge in [0, 0.05) is 24.1 Å². The van der Waals surface area contributed by atoms with Crippen molar-refractivity contribution in [3.8, 4) is 22.5 Å². The number of carbonyl (C=O) groups is 6. The SMILES string of the molecule is COC(=O)NC(C(=O)N1CCC[C@H]1c1ncc(-c2ccc(-c3cnc4cc(C(=O)COC(=O)[C@@H]5Cc6cccc7c6N5C(=O)[C@@H](NC(=O)OC)CC7)ccc4n3)cc2)[nH]1)C(C)C. The number of carbonyl (C=O) groups excluding carboxylic acids is 6. The maximum absolute atomic E-state index is 13.7. The van der Waals surface area contributed by atoms with Crippen LogP contribution in [-0.2, 0) is 41.4 Å². The zero-order valence-electron chi connectivity index (χ0n) is 34.7. The number of aryl methyl sites for hydroxylation is 1. The molecule has 1 fully saturated rings. The fourth-order valence-corrected chi connectivity index (χ4v) is 8.46. The predicted molar refractivity (Wildman–Crippen MR) is 225 cm³/mol. The summed E-state index contributed by atoms with van der Waals surface area (Å²) in [6.07, 6.45) is 4.58. The zero-order chi connectivity index (χ0) is 43.7. The molecule has 3 aliphatic heterocycles. The van der Waals surface area contributed by atoms with Crippen LogP contribution < -0.4 is 15.5 Å². The van der Waals surface area contributed by atoms with Gasteiger partial charge in [-0.1, -0.05) is 56.3 Å². The van der Waals surface area contributed by atoms with Crippen LogP contribution in [0.3, 0.4) is 0 Å². The molecule has 1 saturated heterocycles. The van der Waals surface area contributed by atoms with Gasteiger partial charge in [-0.05, 0) is 66.5 Å². The largest absolute Gasteiger partial charge is 0.456 e. The number of ether oxygens (including phenoxy) is 3. The number of hydrogen-bond acceptors (Lipinski definition) is 12. The topological polar surface area (TPSA) is 215 Å². The van der Waals surface area contributed by atoms with Crippen molar-refractivity contribution in [3.05, 3.63) is 95.6 Å². The number of hydrogen-bond donors (Lipinski definition) is 3. The van der Waals surface area contributed by atoms with Crippen molar-refractivity contribution in [2.45, 2.75) is 70.1 Å². The van der Waals surface area contributed by atoms with E-state index in [1.54, 1.807) is 35.5 Å². The molecule has 62 heavy (non-hydrogen) atoms. The van der Waals surface area contributed by atoms with Gasteiger partial charge in [0.1, 0.15) is 23.9 Å². The van der Waals surface area contributed by atoms with E-state index in [0.717, 1.165) is 40.8 Å². The number of anilines is 1. The summed E-state index contributed by atoms with van der Waals surface area (Å²) in [7, 11) is 2.48. The molecule has 17 nitrogen and oxygen atoms in total. The molecule has 4 amide bonds. The van der Waals surface area contributed by atoms with E-state index in [4.69, 9.17) is 19.2 Å². The van der Waals surface area contributed by atoms with Crippen LogP contribution in [0.15, 0.2) is 73.1 Å². The number of likely N-dealkylation sites (tertiary alicyclic amines) is 1. The molecule has 0 saturated carbocycles. The average molecular weight is 843 g/mol. The first-order valence-corrected chi connectivity index (χ1v) is 20.5. The van der Waals surface area contributed by atoms with Gasteiger partial charge in [0.2, 0.25) is 5.91 Å². The molecule has 3 aliphatic rings. The molecule has 0 bridgehead atoms. The lowest BCUT2D eigenvalue weighted by atomic mass is 10.0. The predicted octanol–water partition coefficient (Wildman–Crippen LogP) is 5.09. The first-order valence-electron chi connectivity index (χ1n) is 20.5. The number of nitrogens with one attached hydrogen (secondary N) is 3. The van der Waals surface area contributed by atoms with Crippen LogP contribution in [0.5, 0.6) is 0 Å². The van der Waals surface area contributed by atoms with Crippen LogP contribution >= 0.6 is 0 Å². The van der Waals surface area contributed by atoms with E-state index in [2.05, 4.69) is 25.6 Å². The smallest absolute Gasteiger partial charge is 0.407 e. The lowest BCUT2D eigenvalue weighted by Gasteiger charge is -2.30. The second-order valence-electron chi connectivity index (χ2n) is 15.9. The molecule has 0 spiro atoms. The average Bonchev–Trinajstić information content (AvgIpc) is 4.05. The minimum Gasteiger partial charge on any atom is -0.456 e. The number of amides is 4. The standard InChI is InChI=1S/C45H46N8O9/c1-24(2)38(51-45(59)61-4)42(56)52-18-6-9-35(52)40-47-22-34(49-40)26-12-10-25(11-13-26)33-21-46-32-19-28(15-16-30(32)48-33)37(54)23-62-43(57)36-20-29-8-5-7-27-14-17-31(50-44(58)60-3)41(55)53(36)39(27)29/h5,7-8,10-13,15-16,19,21-22,24,31,35-36,38H,6,9,14,17-18,20,23H2,1-4H3,(H,47,49)(H,50,58)(H,51,59)/t31-,35-,36-,38?/m0/s1. The van der Waals surface area contributed by atoms with Crippen LogP contribution in [0.4, 0.5) is 15.3 Å². The third-order valence-corrected chi connectivity index (χ3v) is 11.7. The highest BCUT2D eigenvalue weighted by Gasteiger charge is 2.45. The Labute approximate surface area is 356 Å². The first-order chi connectivity index (χ1) is 29.9. The van der Waals surface area contributed by atoms with Gasteiger partial charge in [-0.2, -0.15) is 0 Å².